The highest BCUT2D eigenvalue weighted by Gasteiger charge is 2.32. The summed E-state index contributed by atoms with van der Waals surface area (Å²) in [5, 5.41) is 0.574. The molecule has 0 atom stereocenters. The Labute approximate surface area is 111 Å². The van der Waals surface area contributed by atoms with Gasteiger partial charge in [-0.15, -0.1) is 0 Å². The van der Waals surface area contributed by atoms with Crippen molar-refractivity contribution in [2.45, 2.75) is 13.0 Å². The number of hydrogen-bond donors (Lipinski definition) is 0. The number of hydrogen-bond acceptors (Lipinski definition) is 4. The summed E-state index contributed by atoms with van der Waals surface area (Å²) in [6.45, 7) is 3.71. The highest BCUT2D eigenvalue weighted by atomic mass is 35.5. The van der Waals surface area contributed by atoms with Crippen LogP contribution < -0.4 is 4.74 Å². The zero-order chi connectivity index (χ0) is 13.0. The number of aromatic nitrogens is 1. The van der Waals surface area contributed by atoms with Crippen LogP contribution in [0.25, 0.3) is 0 Å². The Morgan fingerprint density at radius 2 is 2.33 bits per heavy atom. The summed E-state index contributed by atoms with van der Waals surface area (Å²) in [5.74, 6) is 0.530. The number of carbonyl (C=O) groups is 1. The minimum absolute atomic E-state index is 0.000709. The maximum absolute atomic E-state index is 11.5. The Morgan fingerprint density at radius 1 is 1.56 bits per heavy atom. The lowest BCUT2D eigenvalue weighted by atomic mass is 10.1. The Hall–Kier alpha value is -1.33. The van der Waals surface area contributed by atoms with Crippen LogP contribution in [0.5, 0.6) is 5.88 Å². The summed E-state index contributed by atoms with van der Waals surface area (Å²) < 4.78 is 10.6. The Morgan fingerprint density at radius 3 is 2.94 bits per heavy atom. The van der Waals surface area contributed by atoms with E-state index in [0.29, 0.717) is 30.6 Å². The molecule has 0 unspecified atom stereocenters. The van der Waals surface area contributed by atoms with E-state index < -0.39 is 0 Å². The normalized spacial score (nSPS) is 15.3. The van der Waals surface area contributed by atoms with Crippen LogP contribution in [0.3, 0.4) is 0 Å². The first-order chi connectivity index (χ1) is 8.69. The first-order valence-corrected chi connectivity index (χ1v) is 6.20. The second kappa shape index (κ2) is 6.02. The number of ether oxygens (including phenoxy) is 2. The molecular formula is C12H15ClN2O3. The second-order valence-corrected chi connectivity index (χ2v) is 4.43. The number of nitrogens with zero attached hydrogens (tertiary/aromatic N) is 2. The zero-order valence-corrected chi connectivity index (χ0v) is 10.9. The monoisotopic (exact) mass is 270 g/mol. The number of amides is 1. The molecule has 0 bridgehead atoms. The van der Waals surface area contributed by atoms with Crippen LogP contribution in [-0.4, -0.2) is 48.2 Å². The summed E-state index contributed by atoms with van der Waals surface area (Å²) >= 11 is 5.72. The lowest BCUT2D eigenvalue weighted by Gasteiger charge is -2.38. The molecule has 2 heterocycles. The van der Waals surface area contributed by atoms with E-state index in [4.69, 9.17) is 21.1 Å². The van der Waals surface area contributed by atoms with Crippen LogP contribution >= 0.6 is 11.6 Å². The second-order valence-electron chi connectivity index (χ2n) is 3.99. The summed E-state index contributed by atoms with van der Waals surface area (Å²) in [4.78, 5) is 17.3. The smallest absolute Gasteiger partial charge is 0.248 e. The van der Waals surface area contributed by atoms with Crippen molar-refractivity contribution in [2.75, 3.05) is 26.3 Å². The molecule has 0 aromatic carbocycles. The summed E-state index contributed by atoms with van der Waals surface area (Å²) in [7, 11) is 0. The van der Waals surface area contributed by atoms with Crippen molar-refractivity contribution < 1.29 is 14.3 Å². The third-order valence-electron chi connectivity index (χ3n) is 2.62. The fraction of sp³-hybridized carbons (Fsp3) is 0.500. The first kappa shape index (κ1) is 13.1. The number of likely N-dealkylation sites (tertiary alicyclic amines) is 1. The van der Waals surface area contributed by atoms with Gasteiger partial charge in [-0.1, -0.05) is 11.6 Å². The predicted octanol–water partition coefficient (Wildman–Crippen LogP) is 1.36. The van der Waals surface area contributed by atoms with Crippen molar-refractivity contribution in [1.82, 2.24) is 9.88 Å². The molecule has 1 aromatic rings. The van der Waals surface area contributed by atoms with Gasteiger partial charge in [-0.25, -0.2) is 4.98 Å². The third-order valence-corrected chi connectivity index (χ3v) is 2.84. The van der Waals surface area contributed by atoms with Gasteiger partial charge in [-0.3, -0.25) is 4.79 Å². The van der Waals surface area contributed by atoms with Crippen molar-refractivity contribution in [3.8, 4) is 5.88 Å². The maximum Gasteiger partial charge on any atom is 0.248 e. The van der Waals surface area contributed by atoms with Crippen LogP contribution in [0, 0.1) is 0 Å². The molecular weight excluding hydrogens is 256 g/mol. The summed E-state index contributed by atoms with van der Waals surface area (Å²) in [6.07, 6.45) is 1.54. The zero-order valence-electron chi connectivity index (χ0n) is 10.1. The molecule has 1 aromatic heterocycles. The van der Waals surface area contributed by atoms with Crippen LogP contribution in [0.1, 0.15) is 6.92 Å². The molecule has 2 rings (SSSR count). The summed E-state index contributed by atoms with van der Waals surface area (Å²) in [6, 6.07) is 3.44. The Balaban J connectivity index is 1.73. The van der Waals surface area contributed by atoms with Gasteiger partial charge in [-0.2, -0.15) is 0 Å². The fourth-order valence-electron chi connectivity index (χ4n) is 1.60. The van der Waals surface area contributed by atoms with Gasteiger partial charge in [0.25, 0.3) is 0 Å². The molecule has 0 saturated carbocycles. The number of pyridine rings is 1. The molecule has 1 aliphatic heterocycles. The third kappa shape index (κ3) is 3.34. The van der Waals surface area contributed by atoms with E-state index in [0.717, 1.165) is 0 Å². The molecule has 1 aliphatic rings. The fourth-order valence-corrected chi connectivity index (χ4v) is 1.71. The molecule has 0 N–H and O–H groups in total. The van der Waals surface area contributed by atoms with Gasteiger partial charge >= 0.3 is 0 Å². The lowest BCUT2D eigenvalue weighted by molar-refractivity contribution is -0.144. The van der Waals surface area contributed by atoms with Gasteiger partial charge in [0.05, 0.1) is 18.1 Å². The summed E-state index contributed by atoms with van der Waals surface area (Å²) in [5.41, 5.74) is 0. The minimum atomic E-state index is 0.000709. The highest BCUT2D eigenvalue weighted by molar-refractivity contribution is 6.30. The molecule has 0 aliphatic carbocycles. The van der Waals surface area contributed by atoms with Crippen LogP contribution in [0.2, 0.25) is 5.02 Å². The van der Waals surface area contributed by atoms with Crippen molar-refractivity contribution in [2.24, 2.45) is 0 Å². The van der Waals surface area contributed by atoms with E-state index in [-0.39, 0.29) is 18.6 Å². The standard InChI is InChI=1S/C12H15ClN2O3/c1-2-17-8-12(16)15-6-10(7-15)18-11-4-3-9(13)5-14-11/h3-5,10H,2,6-8H2,1H3. The van der Waals surface area contributed by atoms with Gasteiger partial charge in [0.2, 0.25) is 11.8 Å². The van der Waals surface area contributed by atoms with Crippen molar-refractivity contribution in [3.63, 3.8) is 0 Å². The van der Waals surface area contributed by atoms with Gasteiger partial charge in [0.1, 0.15) is 12.7 Å². The van der Waals surface area contributed by atoms with Gasteiger partial charge in [0.15, 0.2) is 0 Å². The van der Waals surface area contributed by atoms with Crippen molar-refractivity contribution >= 4 is 17.5 Å². The molecule has 1 fully saturated rings. The number of carbonyl (C=O) groups excluding carboxylic acids is 1. The van der Waals surface area contributed by atoms with Crippen LogP contribution in [0.4, 0.5) is 0 Å². The van der Waals surface area contributed by atoms with Gasteiger partial charge in [-0.05, 0) is 13.0 Å². The largest absolute Gasteiger partial charge is 0.471 e. The number of halogens is 1. The molecule has 0 spiro atoms. The molecule has 6 heteroatoms. The topological polar surface area (TPSA) is 51.7 Å². The van der Waals surface area contributed by atoms with Gasteiger partial charge < -0.3 is 14.4 Å². The molecule has 0 radical (unpaired) electrons. The highest BCUT2D eigenvalue weighted by Crippen LogP contribution is 2.17. The lowest BCUT2D eigenvalue weighted by Crippen LogP contribution is -2.57. The Kier molecular flexibility index (Phi) is 4.38. The molecule has 98 valence electrons. The first-order valence-electron chi connectivity index (χ1n) is 5.82. The predicted molar refractivity (Wildman–Crippen MR) is 66.7 cm³/mol. The van der Waals surface area contributed by atoms with E-state index in [1.165, 1.54) is 6.20 Å². The molecule has 18 heavy (non-hydrogen) atoms. The molecule has 5 nitrogen and oxygen atoms in total. The minimum Gasteiger partial charge on any atom is -0.471 e. The SMILES string of the molecule is CCOCC(=O)N1CC(Oc2ccc(Cl)cn2)C1. The van der Waals surface area contributed by atoms with Crippen molar-refractivity contribution in [1.29, 1.82) is 0 Å². The van der Waals surface area contributed by atoms with E-state index in [1.807, 2.05) is 6.92 Å². The molecule has 1 saturated heterocycles. The average molecular weight is 271 g/mol. The van der Waals surface area contributed by atoms with E-state index in [9.17, 15) is 4.79 Å². The van der Waals surface area contributed by atoms with Crippen LogP contribution in [0.15, 0.2) is 18.3 Å². The Bertz CT molecular complexity index is 404. The van der Waals surface area contributed by atoms with E-state index in [1.54, 1.807) is 17.0 Å². The van der Waals surface area contributed by atoms with E-state index >= 15 is 0 Å². The van der Waals surface area contributed by atoms with Crippen molar-refractivity contribution in [3.05, 3.63) is 23.4 Å². The quantitative estimate of drug-likeness (QED) is 0.811. The molecule has 1 amide bonds. The van der Waals surface area contributed by atoms with Gasteiger partial charge in [0, 0.05) is 18.9 Å². The van der Waals surface area contributed by atoms with E-state index in [2.05, 4.69) is 4.98 Å². The number of rotatable bonds is 5. The van der Waals surface area contributed by atoms with Crippen LogP contribution in [-0.2, 0) is 9.53 Å². The maximum atomic E-state index is 11.5. The average Bonchev–Trinajstić information content (AvgIpc) is 2.32.